The molecule has 0 radical (unpaired) electrons. The Labute approximate surface area is 197 Å². The van der Waals surface area contributed by atoms with Crippen LogP contribution in [-0.4, -0.2) is 36.2 Å². The normalized spacial score (nSPS) is 10.7. The number of nitrogens with zero attached hydrogens (tertiary/aromatic N) is 2. The number of anilines is 2. The number of nitrogens with one attached hydrogen (secondary N) is 1. The molecule has 3 aromatic rings. The Morgan fingerprint density at radius 2 is 1.74 bits per heavy atom. The van der Waals surface area contributed by atoms with Gasteiger partial charge in [0.2, 0.25) is 5.91 Å². The van der Waals surface area contributed by atoms with E-state index in [1.807, 2.05) is 37.3 Å². The second kappa shape index (κ2) is 11.2. The lowest BCUT2D eigenvalue weighted by atomic mass is 10.1. The van der Waals surface area contributed by atoms with Crippen molar-refractivity contribution in [3.05, 3.63) is 80.5 Å². The first-order valence-corrected chi connectivity index (χ1v) is 11.1. The van der Waals surface area contributed by atoms with Gasteiger partial charge in [-0.2, -0.15) is 0 Å². The molecule has 3 N–H and O–H groups in total. The van der Waals surface area contributed by atoms with Gasteiger partial charge in [0, 0.05) is 6.54 Å². The third-order valence-corrected chi connectivity index (χ3v) is 5.51. The van der Waals surface area contributed by atoms with Gasteiger partial charge >= 0.3 is 5.69 Å². The van der Waals surface area contributed by atoms with Gasteiger partial charge in [0.1, 0.15) is 5.82 Å². The predicted molar refractivity (Wildman–Crippen MR) is 132 cm³/mol. The molecular formula is C25H30N4O5. The number of ether oxygens (including phenoxy) is 2. The maximum atomic E-state index is 13.4. The van der Waals surface area contributed by atoms with Crippen LogP contribution in [0, 0.1) is 0 Å². The largest absolute Gasteiger partial charge is 0.493 e. The summed E-state index contributed by atoms with van der Waals surface area (Å²) in [7, 11) is 3.06. The number of carbonyl (C=O) groups excluding carboxylic acids is 1. The Balaban J connectivity index is 2.00. The quantitative estimate of drug-likeness (QED) is 0.474. The van der Waals surface area contributed by atoms with E-state index < -0.39 is 11.2 Å². The lowest BCUT2D eigenvalue weighted by Gasteiger charge is -2.25. The van der Waals surface area contributed by atoms with Crippen LogP contribution >= 0.6 is 0 Å². The molecule has 1 amide bonds. The topological polar surface area (TPSA) is 120 Å². The van der Waals surface area contributed by atoms with E-state index in [4.69, 9.17) is 15.2 Å². The molecule has 3 rings (SSSR count). The van der Waals surface area contributed by atoms with Crippen molar-refractivity contribution in [1.82, 2.24) is 9.55 Å². The fourth-order valence-corrected chi connectivity index (χ4v) is 3.70. The molecule has 1 aromatic heterocycles. The zero-order valence-electron chi connectivity index (χ0n) is 19.7. The maximum absolute atomic E-state index is 13.4. The fraction of sp³-hybridized carbons (Fsp3) is 0.320. The third-order valence-electron chi connectivity index (χ3n) is 5.51. The summed E-state index contributed by atoms with van der Waals surface area (Å²) in [4.78, 5) is 42.5. The molecule has 0 saturated carbocycles. The van der Waals surface area contributed by atoms with E-state index in [0.717, 1.165) is 12.0 Å². The van der Waals surface area contributed by atoms with E-state index in [-0.39, 0.29) is 30.4 Å². The predicted octanol–water partition coefficient (Wildman–Crippen LogP) is 2.56. The number of nitrogen functional groups attached to an aromatic ring is 1. The minimum Gasteiger partial charge on any atom is -0.493 e. The van der Waals surface area contributed by atoms with Gasteiger partial charge in [0.15, 0.2) is 17.2 Å². The molecule has 9 heteroatoms. The van der Waals surface area contributed by atoms with Gasteiger partial charge in [-0.1, -0.05) is 49.7 Å². The standard InChI is InChI=1S/C25H30N4O5/c1-4-5-13-28(21(30)15-18-11-12-19(33-2)20(14-18)34-3)22-23(26)29(25(32)27-24(22)31)16-17-9-7-6-8-10-17/h6-12,14H,4-5,13,15-16,26H2,1-3H3,(H,27,31,32). The summed E-state index contributed by atoms with van der Waals surface area (Å²) in [6, 6.07) is 14.5. The average molecular weight is 467 g/mol. The van der Waals surface area contributed by atoms with E-state index in [1.165, 1.54) is 23.7 Å². The van der Waals surface area contributed by atoms with Gasteiger partial charge in [0.25, 0.3) is 5.56 Å². The summed E-state index contributed by atoms with van der Waals surface area (Å²) >= 11 is 0. The van der Waals surface area contributed by atoms with Gasteiger partial charge in [-0.05, 0) is 29.7 Å². The summed E-state index contributed by atoms with van der Waals surface area (Å²) in [5.41, 5.74) is 6.53. The second-order valence-corrected chi connectivity index (χ2v) is 7.83. The van der Waals surface area contributed by atoms with Crippen molar-refractivity contribution >= 4 is 17.4 Å². The highest BCUT2D eigenvalue weighted by Gasteiger charge is 2.24. The van der Waals surface area contributed by atoms with Crippen LogP contribution in [0.3, 0.4) is 0 Å². The first-order chi connectivity index (χ1) is 16.4. The number of H-pyrrole nitrogens is 1. The van der Waals surface area contributed by atoms with Crippen LogP contribution in [0.4, 0.5) is 11.5 Å². The van der Waals surface area contributed by atoms with Crippen molar-refractivity contribution in [2.75, 3.05) is 31.4 Å². The molecule has 0 aliphatic carbocycles. The second-order valence-electron chi connectivity index (χ2n) is 7.83. The van der Waals surface area contributed by atoms with Crippen molar-refractivity contribution in [2.45, 2.75) is 32.7 Å². The molecule has 1 heterocycles. The molecule has 180 valence electrons. The molecule has 9 nitrogen and oxygen atoms in total. The molecule has 0 saturated heterocycles. The summed E-state index contributed by atoms with van der Waals surface area (Å²) < 4.78 is 11.9. The molecule has 0 aliphatic rings. The number of nitrogens with two attached hydrogens (primary N) is 1. The Morgan fingerprint density at radius 3 is 2.38 bits per heavy atom. The smallest absolute Gasteiger partial charge is 0.330 e. The van der Waals surface area contributed by atoms with E-state index in [2.05, 4.69) is 4.98 Å². The number of hydrogen-bond acceptors (Lipinski definition) is 6. The lowest BCUT2D eigenvalue weighted by molar-refractivity contribution is -0.118. The zero-order chi connectivity index (χ0) is 24.7. The molecule has 0 aliphatic heterocycles. The zero-order valence-corrected chi connectivity index (χ0v) is 19.7. The van der Waals surface area contributed by atoms with Crippen LogP contribution in [-0.2, 0) is 17.8 Å². The number of rotatable bonds is 10. The maximum Gasteiger partial charge on any atom is 0.330 e. The van der Waals surface area contributed by atoms with Crippen LogP contribution in [0.1, 0.15) is 30.9 Å². The first kappa shape index (κ1) is 24.6. The number of aromatic nitrogens is 2. The number of amides is 1. The van der Waals surface area contributed by atoms with Gasteiger partial charge in [-0.15, -0.1) is 0 Å². The lowest BCUT2D eigenvalue weighted by Crippen LogP contribution is -2.42. The SMILES string of the molecule is CCCCN(C(=O)Cc1ccc(OC)c(OC)c1)c1c(N)n(Cc2ccccc2)c(=O)[nH]c1=O. The molecule has 0 bridgehead atoms. The number of carbonyl (C=O) groups is 1. The van der Waals surface area contributed by atoms with E-state index >= 15 is 0 Å². The Kier molecular flexibility index (Phi) is 8.13. The first-order valence-electron chi connectivity index (χ1n) is 11.1. The number of hydrogen-bond donors (Lipinski definition) is 2. The highest BCUT2D eigenvalue weighted by atomic mass is 16.5. The average Bonchev–Trinajstić information content (AvgIpc) is 2.84. The molecule has 0 spiro atoms. The minimum absolute atomic E-state index is 0.0146. The third kappa shape index (κ3) is 5.48. The van der Waals surface area contributed by atoms with E-state index in [1.54, 1.807) is 18.2 Å². The number of methoxy groups -OCH3 is 2. The Hall–Kier alpha value is -4.01. The molecular weight excluding hydrogens is 436 g/mol. The van der Waals surface area contributed by atoms with Crippen molar-refractivity contribution in [1.29, 1.82) is 0 Å². The van der Waals surface area contributed by atoms with E-state index in [9.17, 15) is 14.4 Å². The van der Waals surface area contributed by atoms with Crippen LogP contribution in [0.15, 0.2) is 58.1 Å². The van der Waals surface area contributed by atoms with Crippen LogP contribution in [0.5, 0.6) is 11.5 Å². The van der Waals surface area contributed by atoms with Gasteiger partial charge in [0.05, 0.1) is 27.2 Å². The highest BCUT2D eigenvalue weighted by molar-refractivity contribution is 5.96. The molecule has 0 atom stereocenters. The van der Waals surface area contributed by atoms with Crippen LogP contribution < -0.4 is 31.4 Å². The summed E-state index contributed by atoms with van der Waals surface area (Å²) in [6.07, 6.45) is 1.48. The van der Waals surface area contributed by atoms with Crippen molar-refractivity contribution in [3.63, 3.8) is 0 Å². The summed E-state index contributed by atoms with van der Waals surface area (Å²) in [6.45, 7) is 2.45. The molecule has 0 fully saturated rings. The number of aromatic amines is 1. The van der Waals surface area contributed by atoms with Crippen molar-refractivity contribution < 1.29 is 14.3 Å². The van der Waals surface area contributed by atoms with Crippen LogP contribution in [0.2, 0.25) is 0 Å². The fourth-order valence-electron chi connectivity index (χ4n) is 3.70. The summed E-state index contributed by atoms with van der Waals surface area (Å²) in [5.74, 6) is 0.689. The van der Waals surface area contributed by atoms with Gasteiger partial charge in [-0.25, -0.2) is 4.79 Å². The monoisotopic (exact) mass is 466 g/mol. The van der Waals surface area contributed by atoms with Gasteiger partial charge in [-0.3, -0.25) is 19.1 Å². The van der Waals surface area contributed by atoms with Crippen LogP contribution in [0.25, 0.3) is 0 Å². The molecule has 2 aromatic carbocycles. The molecule has 34 heavy (non-hydrogen) atoms. The summed E-state index contributed by atoms with van der Waals surface area (Å²) in [5, 5.41) is 0. The Morgan fingerprint density at radius 1 is 1.03 bits per heavy atom. The van der Waals surface area contributed by atoms with Crippen molar-refractivity contribution in [2.24, 2.45) is 0 Å². The van der Waals surface area contributed by atoms with E-state index in [0.29, 0.717) is 30.0 Å². The number of benzene rings is 2. The van der Waals surface area contributed by atoms with Crippen molar-refractivity contribution in [3.8, 4) is 11.5 Å². The highest BCUT2D eigenvalue weighted by Crippen LogP contribution is 2.28. The minimum atomic E-state index is -0.691. The Bertz CT molecular complexity index is 1250. The molecule has 0 unspecified atom stereocenters. The number of unbranched alkanes of at least 4 members (excludes halogenated alkanes) is 1. The van der Waals surface area contributed by atoms with Gasteiger partial charge < -0.3 is 20.1 Å².